The molecule has 0 unspecified atom stereocenters. The molecule has 1 aromatic carbocycles. The van der Waals surface area contributed by atoms with Crippen LogP contribution in [-0.4, -0.2) is 29.1 Å². The molecule has 0 saturated carbocycles. The van der Waals surface area contributed by atoms with E-state index in [1.807, 2.05) is 19.1 Å². The van der Waals surface area contributed by atoms with E-state index >= 15 is 0 Å². The van der Waals surface area contributed by atoms with Crippen LogP contribution in [0.4, 0.5) is 0 Å². The normalized spacial score (nSPS) is 10.7. The maximum absolute atomic E-state index is 12.2. The lowest BCUT2D eigenvalue weighted by atomic mass is 10.2. The van der Waals surface area contributed by atoms with Gasteiger partial charge in [-0.2, -0.15) is 5.26 Å². The Kier molecular flexibility index (Phi) is 6.45. The number of carbonyl (C=O) groups excluding carboxylic acids is 1. The van der Waals surface area contributed by atoms with Crippen LogP contribution in [0.15, 0.2) is 53.5 Å². The van der Waals surface area contributed by atoms with Crippen LogP contribution >= 0.6 is 0 Å². The van der Waals surface area contributed by atoms with Crippen molar-refractivity contribution in [3.63, 3.8) is 0 Å². The maximum atomic E-state index is 12.2. The molecule has 0 aliphatic heterocycles. The van der Waals surface area contributed by atoms with E-state index in [1.165, 1.54) is 23.7 Å². The third-order valence-electron chi connectivity index (χ3n) is 4.11. The zero-order valence-electron chi connectivity index (χ0n) is 16.5. The first-order valence-electron chi connectivity index (χ1n) is 9.01. The van der Waals surface area contributed by atoms with Crippen molar-refractivity contribution in [2.75, 3.05) is 13.7 Å². The highest BCUT2D eigenvalue weighted by Crippen LogP contribution is 2.28. The second kappa shape index (κ2) is 9.39. The molecule has 2 aromatic heterocycles. The number of hydrogen-bond donors (Lipinski definition) is 0. The molecule has 0 N–H and O–H groups in total. The third kappa shape index (κ3) is 5.02. The van der Waals surface area contributed by atoms with E-state index in [2.05, 4.69) is 4.98 Å². The number of fused-ring (bicyclic) bond motifs is 1. The Balaban J connectivity index is 1.65. The molecule has 0 saturated heterocycles. The molecule has 0 bridgehead atoms. The van der Waals surface area contributed by atoms with Crippen molar-refractivity contribution in [3.8, 4) is 17.6 Å². The van der Waals surface area contributed by atoms with Gasteiger partial charge in [-0.1, -0.05) is 12.1 Å². The molecular formula is C22H19N3O5. The first kappa shape index (κ1) is 20.6. The number of benzene rings is 1. The first-order valence-corrected chi connectivity index (χ1v) is 9.01. The molecule has 2 heterocycles. The van der Waals surface area contributed by atoms with E-state index < -0.39 is 5.97 Å². The first-order chi connectivity index (χ1) is 14.5. The average molecular weight is 405 g/mol. The molecule has 3 aromatic rings. The summed E-state index contributed by atoms with van der Waals surface area (Å²) in [6, 6.07) is 11.8. The summed E-state index contributed by atoms with van der Waals surface area (Å²) in [6.45, 7) is 1.67. The number of aromatic nitrogens is 2. The zero-order chi connectivity index (χ0) is 21.5. The van der Waals surface area contributed by atoms with Gasteiger partial charge in [0.05, 0.1) is 12.8 Å². The van der Waals surface area contributed by atoms with E-state index in [0.29, 0.717) is 28.4 Å². The molecule has 8 heteroatoms. The Morgan fingerprint density at radius 2 is 2.07 bits per heavy atom. The maximum Gasteiger partial charge on any atom is 0.331 e. The Morgan fingerprint density at radius 1 is 1.23 bits per heavy atom. The molecule has 0 fully saturated rings. The highest BCUT2D eigenvalue weighted by Gasteiger charge is 2.07. The summed E-state index contributed by atoms with van der Waals surface area (Å²) in [4.78, 5) is 28.6. The van der Waals surface area contributed by atoms with Gasteiger partial charge in [-0.15, -0.1) is 0 Å². The smallest absolute Gasteiger partial charge is 0.331 e. The van der Waals surface area contributed by atoms with Crippen LogP contribution in [0.2, 0.25) is 0 Å². The van der Waals surface area contributed by atoms with Crippen molar-refractivity contribution in [3.05, 3.63) is 75.8 Å². The molecule has 30 heavy (non-hydrogen) atoms. The summed E-state index contributed by atoms with van der Waals surface area (Å²) in [5.41, 5.74) is 2.24. The van der Waals surface area contributed by atoms with Crippen molar-refractivity contribution < 1.29 is 19.0 Å². The van der Waals surface area contributed by atoms with E-state index in [9.17, 15) is 9.59 Å². The van der Waals surface area contributed by atoms with E-state index in [-0.39, 0.29) is 18.8 Å². The number of methoxy groups -OCH3 is 1. The summed E-state index contributed by atoms with van der Waals surface area (Å²) >= 11 is 0. The predicted octanol–water partition coefficient (Wildman–Crippen LogP) is 2.67. The fourth-order valence-corrected chi connectivity index (χ4v) is 2.71. The third-order valence-corrected chi connectivity index (χ3v) is 4.11. The van der Waals surface area contributed by atoms with Crippen LogP contribution in [0.3, 0.4) is 0 Å². The molecule has 0 atom stereocenters. The summed E-state index contributed by atoms with van der Waals surface area (Å²) < 4.78 is 17.1. The molecule has 8 nitrogen and oxygen atoms in total. The molecule has 0 amide bonds. The molecule has 0 aliphatic rings. The number of carbonyl (C=O) groups is 1. The highest BCUT2D eigenvalue weighted by atomic mass is 16.5. The van der Waals surface area contributed by atoms with Gasteiger partial charge in [0.1, 0.15) is 18.3 Å². The van der Waals surface area contributed by atoms with Gasteiger partial charge in [0.25, 0.3) is 5.56 Å². The number of pyridine rings is 1. The number of rotatable bonds is 7. The van der Waals surface area contributed by atoms with E-state index in [4.69, 9.17) is 19.5 Å². The van der Waals surface area contributed by atoms with Crippen molar-refractivity contribution in [2.45, 2.75) is 13.5 Å². The van der Waals surface area contributed by atoms with Crippen LogP contribution < -0.4 is 15.0 Å². The number of ether oxygens (including phenoxy) is 3. The van der Waals surface area contributed by atoms with Gasteiger partial charge in [-0.3, -0.25) is 9.20 Å². The van der Waals surface area contributed by atoms with Crippen molar-refractivity contribution in [1.82, 2.24) is 9.38 Å². The number of nitrogens with zero attached hydrogens (tertiary/aromatic N) is 3. The molecule has 152 valence electrons. The lowest BCUT2D eigenvalue weighted by Crippen LogP contribution is -2.16. The minimum Gasteiger partial charge on any atom is -0.493 e. The van der Waals surface area contributed by atoms with E-state index in [0.717, 1.165) is 5.56 Å². The van der Waals surface area contributed by atoms with Gasteiger partial charge in [-0.25, -0.2) is 9.78 Å². The number of nitriles is 1. The minimum absolute atomic E-state index is 0.0934. The van der Waals surface area contributed by atoms with Crippen LogP contribution in [0.25, 0.3) is 11.7 Å². The van der Waals surface area contributed by atoms with Gasteiger partial charge < -0.3 is 14.2 Å². The quantitative estimate of drug-likeness (QED) is 0.440. The Bertz CT molecular complexity index is 1210. The second-order valence-corrected chi connectivity index (χ2v) is 6.32. The second-order valence-electron chi connectivity index (χ2n) is 6.32. The average Bonchev–Trinajstić information content (AvgIpc) is 2.75. The summed E-state index contributed by atoms with van der Waals surface area (Å²) in [5, 5.41) is 8.60. The molecular weight excluding hydrogens is 386 g/mol. The summed E-state index contributed by atoms with van der Waals surface area (Å²) in [5.74, 6) is 0.296. The van der Waals surface area contributed by atoms with Crippen molar-refractivity contribution in [2.24, 2.45) is 0 Å². The highest BCUT2D eigenvalue weighted by molar-refractivity contribution is 5.87. The number of hydrogen-bond acceptors (Lipinski definition) is 7. The van der Waals surface area contributed by atoms with Crippen molar-refractivity contribution in [1.29, 1.82) is 5.26 Å². The van der Waals surface area contributed by atoms with Gasteiger partial charge >= 0.3 is 5.97 Å². The Morgan fingerprint density at radius 3 is 2.83 bits per heavy atom. The molecule has 0 radical (unpaired) electrons. The molecule has 3 rings (SSSR count). The van der Waals surface area contributed by atoms with Gasteiger partial charge in [0, 0.05) is 18.3 Å². The van der Waals surface area contributed by atoms with Crippen LogP contribution in [0.5, 0.6) is 11.5 Å². The Labute approximate surface area is 172 Å². The van der Waals surface area contributed by atoms with Crippen LogP contribution in [0, 0.1) is 18.3 Å². The van der Waals surface area contributed by atoms with Gasteiger partial charge in [-0.05, 0) is 42.3 Å². The zero-order valence-corrected chi connectivity index (χ0v) is 16.5. The van der Waals surface area contributed by atoms with E-state index in [1.54, 1.807) is 36.5 Å². The minimum atomic E-state index is -0.579. The standard InChI is InChI=1S/C22H19N3O5/c1-15-3-7-20-24-17(12-21(26)25(20)13-15)14-30-22(27)8-5-16-4-6-18(29-10-9-23)19(11-16)28-2/h3-8,11-13H,10,14H2,1-2H3/b8-5+. The topological polar surface area (TPSA) is 103 Å². The van der Waals surface area contributed by atoms with Crippen LogP contribution in [-0.2, 0) is 16.1 Å². The van der Waals surface area contributed by atoms with Gasteiger partial charge in [0.2, 0.25) is 0 Å². The monoisotopic (exact) mass is 405 g/mol. The summed E-state index contributed by atoms with van der Waals surface area (Å²) in [6.07, 6.45) is 4.53. The molecule has 0 spiro atoms. The fourth-order valence-electron chi connectivity index (χ4n) is 2.71. The van der Waals surface area contributed by atoms with Crippen molar-refractivity contribution >= 4 is 17.7 Å². The number of esters is 1. The van der Waals surface area contributed by atoms with Gasteiger partial charge in [0.15, 0.2) is 18.1 Å². The largest absolute Gasteiger partial charge is 0.493 e. The Hall–Kier alpha value is -4.12. The fraction of sp³-hybridized carbons (Fsp3) is 0.182. The lowest BCUT2D eigenvalue weighted by molar-refractivity contribution is -0.139. The molecule has 0 aliphatic carbocycles. The summed E-state index contributed by atoms with van der Waals surface area (Å²) in [7, 11) is 1.48. The number of aryl methyl sites for hydroxylation is 1. The van der Waals surface area contributed by atoms with Crippen LogP contribution in [0.1, 0.15) is 16.8 Å². The SMILES string of the molecule is COc1cc(/C=C/C(=O)OCc2cc(=O)n3cc(C)ccc3n2)ccc1OCC#N. The lowest BCUT2D eigenvalue weighted by Gasteiger charge is -2.08. The predicted molar refractivity (Wildman–Crippen MR) is 109 cm³/mol.